The van der Waals surface area contributed by atoms with Crippen LogP contribution in [0, 0.1) is 0 Å². The van der Waals surface area contributed by atoms with Gasteiger partial charge in [-0.1, -0.05) is 12.1 Å². The van der Waals surface area contributed by atoms with E-state index >= 15 is 0 Å². The molecule has 0 saturated carbocycles. The van der Waals surface area contributed by atoms with Crippen molar-refractivity contribution in [3.63, 3.8) is 0 Å². The van der Waals surface area contributed by atoms with Crippen molar-refractivity contribution < 1.29 is 22.7 Å². The Morgan fingerprint density at radius 1 is 1.38 bits per heavy atom. The number of ether oxygens (including phenoxy) is 1. The third-order valence-corrected chi connectivity index (χ3v) is 3.36. The molecule has 1 heterocycles. The Morgan fingerprint density at radius 2 is 2.17 bits per heavy atom. The molecule has 1 N–H and O–H groups in total. The number of alkyl halides is 3. The Balaban J connectivity index is 1.82. The maximum absolute atomic E-state index is 12.1. The molecular weight excluding hydrogens is 391 g/mol. The Labute approximate surface area is 144 Å². The van der Waals surface area contributed by atoms with Crippen LogP contribution in [0.3, 0.4) is 0 Å². The van der Waals surface area contributed by atoms with Crippen LogP contribution in [0.15, 0.2) is 41.1 Å². The van der Waals surface area contributed by atoms with Gasteiger partial charge in [-0.2, -0.15) is 18.3 Å². The van der Waals surface area contributed by atoms with Crippen molar-refractivity contribution in [2.45, 2.75) is 19.3 Å². The Kier molecular flexibility index (Phi) is 6.38. The molecule has 2 rings (SSSR count). The molecule has 24 heavy (non-hydrogen) atoms. The average molecular weight is 406 g/mol. The maximum atomic E-state index is 12.1. The molecular formula is C15H15BrF3N3O2. The first kappa shape index (κ1) is 18.5. The lowest BCUT2D eigenvalue weighted by Gasteiger charge is -2.09. The number of aromatic nitrogens is 2. The second kappa shape index (κ2) is 8.29. The zero-order valence-electron chi connectivity index (χ0n) is 12.5. The molecule has 0 radical (unpaired) electrons. The topological polar surface area (TPSA) is 56.2 Å². The SMILES string of the molecule is O=C(NCCn1cc(Br)cn1)c1cccc(COCC(F)(F)F)c1. The number of nitrogens with one attached hydrogen (secondary N) is 1. The van der Waals surface area contributed by atoms with Crippen LogP contribution in [0.1, 0.15) is 15.9 Å². The molecule has 0 bridgehead atoms. The molecule has 130 valence electrons. The zero-order valence-corrected chi connectivity index (χ0v) is 14.1. The Hall–Kier alpha value is -1.87. The Bertz CT molecular complexity index is 689. The lowest BCUT2D eigenvalue weighted by molar-refractivity contribution is -0.176. The number of carbonyl (C=O) groups is 1. The van der Waals surface area contributed by atoms with Crippen molar-refractivity contribution in [2.75, 3.05) is 13.2 Å². The minimum Gasteiger partial charge on any atom is -0.367 e. The second-order valence-corrected chi connectivity index (χ2v) is 5.90. The van der Waals surface area contributed by atoms with Crippen LogP contribution in [0.2, 0.25) is 0 Å². The molecule has 9 heteroatoms. The van der Waals surface area contributed by atoms with Crippen molar-refractivity contribution in [1.82, 2.24) is 15.1 Å². The summed E-state index contributed by atoms with van der Waals surface area (Å²) in [6, 6.07) is 6.31. The fraction of sp³-hybridized carbons (Fsp3) is 0.333. The average Bonchev–Trinajstić information content (AvgIpc) is 2.92. The minimum absolute atomic E-state index is 0.206. The van der Waals surface area contributed by atoms with Crippen molar-refractivity contribution in [1.29, 1.82) is 0 Å². The van der Waals surface area contributed by atoms with Gasteiger partial charge in [0.15, 0.2) is 0 Å². The summed E-state index contributed by atoms with van der Waals surface area (Å²) < 4.78 is 43.3. The number of hydrogen-bond acceptors (Lipinski definition) is 3. The first-order chi connectivity index (χ1) is 11.3. The third kappa shape index (κ3) is 6.32. The number of hydrogen-bond donors (Lipinski definition) is 1. The van der Waals surface area contributed by atoms with Crippen LogP contribution in [-0.2, 0) is 17.9 Å². The molecule has 0 fully saturated rings. The van der Waals surface area contributed by atoms with Gasteiger partial charge in [0, 0.05) is 18.3 Å². The summed E-state index contributed by atoms with van der Waals surface area (Å²) in [6.07, 6.45) is -0.937. The van der Waals surface area contributed by atoms with Gasteiger partial charge in [0.1, 0.15) is 6.61 Å². The highest BCUT2D eigenvalue weighted by Crippen LogP contribution is 2.16. The van der Waals surface area contributed by atoms with Crippen molar-refractivity contribution >= 4 is 21.8 Å². The van der Waals surface area contributed by atoms with Crippen LogP contribution in [0.4, 0.5) is 13.2 Å². The zero-order chi connectivity index (χ0) is 17.6. The lowest BCUT2D eigenvalue weighted by atomic mass is 10.1. The van der Waals surface area contributed by atoms with Crippen molar-refractivity contribution in [3.05, 3.63) is 52.3 Å². The van der Waals surface area contributed by atoms with E-state index < -0.39 is 12.8 Å². The summed E-state index contributed by atoms with van der Waals surface area (Å²) in [5, 5.41) is 6.79. The van der Waals surface area contributed by atoms with Crippen LogP contribution in [0.5, 0.6) is 0 Å². The monoisotopic (exact) mass is 405 g/mol. The number of nitrogens with zero attached hydrogens (tertiary/aromatic N) is 2. The van der Waals surface area contributed by atoms with E-state index in [2.05, 4.69) is 31.1 Å². The van der Waals surface area contributed by atoms with Crippen molar-refractivity contribution in [2.24, 2.45) is 0 Å². The number of amides is 1. The van der Waals surface area contributed by atoms with E-state index in [0.29, 0.717) is 24.2 Å². The molecule has 0 unspecified atom stereocenters. The number of benzene rings is 1. The van der Waals surface area contributed by atoms with Crippen molar-refractivity contribution in [3.8, 4) is 0 Å². The standard InChI is InChI=1S/C15H15BrF3N3O2/c16-13-7-21-22(8-13)5-4-20-14(23)12-3-1-2-11(6-12)9-24-10-15(17,18)19/h1-3,6-8H,4-5,9-10H2,(H,20,23). The first-order valence-corrected chi connectivity index (χ1v) is 7.82. The van der Waals surface area contributed by atoms with E-state index in [-0.39, 0.29) is 12.5 Å². The Morgan fingerprint density at radius 3 is 2.83 bits per heavy atom. The van der Waals surface area contributed by atoms with Crippen LogP contribution in [-0.4, -0.2) is 35.0 Å². The maximum Gasteiger partial charge on any atom is 0.411 e. The van der Waals surface area contributed by atoms with E-state index in [0.717, 1.165) is 4.47 Å². The molecule has 2 aromatic rings. The second-order valence-electron chi connectivity index (χ2n) is 4.99. The molecule has 0 atom stereocenters. The fourth-order valence-electron chi connectivity index (χ4n) is 1.93. The van der Waals surface area contributed by atoms with Gasteiger partial charge in [-0.3, -0.25) is 9.48 Å². The number of rotatable bonds is 7. The molecule has 5 nitrogen and oxygen atoms in total. The lowest BCUT2D eigenvalue weighted by Crippen LogP contribution is -2.27. The third-order valence-electron chi connectivity index (χ3n) is 2.95. The molecule has 0 aliphatic heterocycles. The van der Waals surface area contributed by atoms with E-state index in [1.165, 1.54) is 6.07 Å². The first-order valence-electron chi connectivity index (χ1n) is 7.03. The molecule has 1 amide bonds. The quantitative estimate of drug-likeness (QED) is 0.769. The van der Waals surface area contributed by atoms with Gasteiger partial charge < -0.3 is 10.1 Å². The van der Waals surface area contributed by atoms with Crippen LogP contribution in [0.25, 0.3) is 0 Å². The van der Waals surface area contributed by atoms with Crippen LogP contribution >= 0.6 is 15.9 Å². The highest BCUT2D eigenvalue weighted by atomic mass is 79.9. The summed E-state index contributed by atoms with van der Waals surface area (Å²) in [5.74, 6) is -0.307. The van der Waals surface area contributed by atoms with Gasteiger partial charge in [-0.05, 0) is 33.6 Å². The van der Waals surface area contributed by atoms with E-state index in [9.17, 15) is 18.0 Å². The molecule has 0 aliphatic rings. The van der Waals surface area contributed by atoms with Gasteiger partial charge in [0.05, 0.1) is 23.8 Å². The molecule has 1 aromatic carbocycles. The molecule has 0 aliphatic carbocycles. The summed E-state index contributed by atoms with van der Waals surface area (Å²) in [6.45, 7) is -0.641. The molecule has 0 saturated heterocycles. The highest BCUT2D eigenvalue weighted by molar-refractivity contribution is 9.10. The minimum atomic E-state index is -4.36. The molecule has 1 aromatic heterocycles. The van der Waals surface area contributed by atoms with Gasteiger partial charge in [-0.15, -0.1) is 0 Å². The van der Waals surface area contributed by atoms with Gasteiger partial charge in [0.25, 0.3) is 5.91 Å². The largest absolute Gasteiger partial charge is 0.411 e. The number of halogens is 4. The van der Waals surface area contributed by atoms with E-state index in [4.69, 9.17) is 0 Å². The predicted octanol–water partition coefficient (Wildman–Crippen LogP) is 3.15. The summed E-state index contributed by atoms with van der Waals surface area (Å²) >= 11 is 3.28. The predicted molar refractivity (Wildman–Crippen MR) is 84.4 cm³/mol. The van der Waals surface area contributed by atoms with E-state index in [1.54, 1.807) is 35.3 Å². The van der Waals surface area contributed by atoms with E-state index in [1.807, 2.05) is 0 Å². The molecule has 0 spiro atoms. The van der Waals surface area contributed by atoms with Gasteiger partial charge in [-0.25, -0.2) is 0 Å². The highest BCUT2D eigenvalue weighted by Gasteiger charge is 2.27. The fourth-order valence-corrected chi connectivity index (χ4v) is 2.26. The summed E-state index contributed by atoms with van der Waals surface area (Å²) in [7, 11) is 0. The normalized spacial score (nSPS) is 11.5. The summed E-state index contributed by atoms with van der Waals surface area (Å²) in [5.41, 5.74) is 0.868. The van der Waals surface area contributed by atoms with Gasteiger partial charge >= 0.3 is 6.18 Å². The smallest absolute Gasteiger partial charge is 0.367 e. The summed E-state index contributed by atoms with van der Waals surface area (Å²) in [4.78, 5) is 12.1. The van der Waals surface area contributed by atoms with Crippen LogP contribution < -0.4 is 5.32 Å². The van der Waals surface area contributed by atoms with Gasteiger partial charge in [0.2, 0.25) is 0 Å². The number of carbonyl (C=O) groups excluding carboxylic acids is 1.